The molecule has 1 saturated carbocycles. The molecule has 3 rings (SSSR count). The lowest BCUT2D eigenvalue weighted by Crippen LogP contribution is -2.43. The molecule has 3 nitrogen and oxygen atoms in total. The van der Waals surface area contributed by atoms with E-state index in [9.17, 15) is 4.79 Å². The van der Waals surface area contributed by atoms with Crippen LogP contribution in [0, 0.1) is 0 Å². The van der Waals surface area contributed by atoms with Crippen LogP contribution in [-0.2, 0) is 5.54 Å². The van der Waals surface area contributed by atoms with Crippen molar-refractivity contribution >= 4 is 5.91 Å². The van der Waals surface area contributed by atoms with Gasteiger partial charge in [0.1, 0.15) is 5.75 Å². The first-order chi connectivity index (χ1) is 10.7. The Morgan fingerprint density at radius 2 is 1.77 bits per heavy atom. The van der Waals surface area contributed by atoms with Gasteiger partial charge in [-0.3, -0.25) is 4.79 Å². The van der Waals surface area contributed by atoms with Gasteiger partial charge >= 0.3 is 0 Å². The first-order valence-electron chi connectivity index (χ1n) is 7.76. The largest absolute Gasteiger partial charge is 0.497 e. The smallest absolute Gasteiger partial charge is 0.252 e. The van der Waals surface area contributed by atoms with Gasteiger partial charge in [0, 0.05) is 5.56 Å². The third-order valence-electron chi connectivity index (χ3n) is 4.47. The average molecular weight is 295 g/mol. The van der Waals surface area contributed by atoms with Crippen LogP contribution in [-0.4, -0.2) is 13.0 Å². The fourth-order valence-electron chi connectivity index (χ4n) is 3.28. The van der Waals surface area contributed by atoms with Crippen LogP contribution < -0.4 is 10.1 Å². The van der Waals surface area contributed by atoms with E-state index in [4.69, 9.17) is 4.74 Å². The summed E-state index contributed by atoms with van der Waals surface area (Å²) in [7, 11) is 1.61. The van der Waals surface area contributed by atoms with Gasteiger partial charge in [0.2, 0.25) is 0 Å². The monoisotopic (exact) mass is 295 g/mol. The molecule has 22 heavy (non-hydrogen) atoms. The van der Waals surface area contributed by atoms with Gasteiger partial charge in [-0.05, 0) is 36.6 Å². The highest BCUT2D eigenvalue weighted by Crippen LogP contribution is 2.38. The first-order valence-corrected chi connectivity index (χ1v) is 7.76. The third-order valence-corrected chi connectivity index (χ3v) is 4.47. The zero-order chi connectivity index (χ0) is 15.4. The number of ether oxygens (including phenoxy) is 1. The van der Waals surface area contributed by atoms with Gasteiger partial charge in [0.15, 0.2) is 0 Å². The average Bonchev–Trinajstić information content (AvgIpc) is 3.05. The van der Waals surface area contributed by atoms with Crippen LogP contribution in [0.4, 0.5) is 0 Å². The highest BCUT2D eigenvalue weighted by Gasteiger charge is 2.37. The maximum Gasteiger partial charge on any atom is 0.252 e. The van der Waals surface area contributed by atoms with Gasteiger partial charge in [0.05, 0.1) is 12.6 Å². The molecule has 0 saturated heterocycles. The minimum atomic E-state index is -0.235. The van der Waals surface area contributed by atoms with Gasteiger partial charge in [-0.25, -0.2) is 0 Å². The summed E-state index contributed by atoms with van der Waals surface area (Å²) in [5.74, 6) is 0.664. The van der Waals surface area contributed by atoms with E-state index >= 15 is 0 Å². The van der Waals surface area contributed by atoms with E-state index in [1.807, 2.05) is 36.4 Å². The molecule has 1 aliphatic carbocycles. The van der Waals surface area contributed by atoms with Crippen molar-refractivity contribution in [3.05, 3.63) is 65.7 Å². The molecule has 1 aliphatic rings. The van der Waals surface area contributed by atoms with Crippen molar-refractivity contribution < 1.29 is 9.53 Å². The van der Waals surface area contributed by atoms with E-state index in [2.05, 4.69) is 17.4 Å². The predicted molar refractivity (Wildman–Crippen MR) is 87.0 cm³/mol. The summed E-state index contributed by atoms with van der Waals surface area (Å²) in [4.78, 5) is 12.7. The number of amides is 1. The summed E-state index contributed by atoms with van der Waals surface area (Å²) < 4.78 is 5.20. The van der Waals surface area contributed by atoms with Crippen LogP contribution in [0.1, 0.15) is 41.6 Å². The molecule has 2 aromatic carbocycles. The van der Waals surface area contributed by atoms with Crippen molar-refractivity contribution in [3.63, 3.8) is 0 Å². The van der Waals surface area contributed by atoms with Crippen LogP contribution in [0.5, 0.6) is 5.75 Å². The minimum absolute atomic E-state index is 0.0374. The molecule has 0 radical (unpaired) electrons. The van der Waals surface area contributed by atoms with Crippen LogP contribution in [0.3, 0.4) is 0 Å². The molecule has 3 heteroatoms. The van der Waals surface area contributed by atoms with E-state index in [0.717, 1.165) is 25.7 Å². The van der Waals surface area contributed by atoms with Crippen molar-refractivity contribution in [3.8, 4) is 5.75 Å². The number of rotatable bonds is 4. The standard InChI is InChI=1S/C19H21NO2/c1-22-17-11-7-8-15(14-17)18(21)20-19(12-5-6-13-19)16-9-3-2-4-10-16/h2-4,7-11,14H,5-6,12-13H2,1H3,(H,20,21). The van der Waals surface area contributed by atoms with Gasteiger partial charge in [-0.1, -0.05) is 49.2 Å². The SMILES string of the molecule is COc1cccc(C(=O)NC2(c3ccccc3)CCCC2)c1. The molecule has 0 aromatic heterocycles. The van der Waals surface area contributed by atoms with Crippen molar-refractivity contribution in [2.24, 2.45) is 0 Å². The van der Waals surface area contributed by atoms with Gasteiger partial charge in [0.25, 0.3) is 5.91 Å². The normalized spacial score (nSPS) is 16.2. The summed E-state index contributed by atoms with van der Waals surface area (Å²) in [5.41, 5.74) is 1.60. The molecule has 0 heterocycles. The molecule has 1 amide bonds. The fourth-order valence-corrected chi connectivity index (χ4v) is 3.28. The summed E-state index contributed by atoms with van der Waals surface area (Å²) in [6, 6.07) is 17.6. The van der Waals surface area contributed by atoms with Gasteiger partial charge in [-0.15, -0.1) is 0 Å². The van der Waals surface area contributed by atoms with Crippen molar-refractivity contribution in [2.45, 2.75) is 31.2 Å². The second-order valence-electron chi connectivity index (χ2n) is 5.84. The number of carbonyl (C=O) groups excluding carboxylic acids is 1. The lowest BCUT2D eigenvalue weighted by molar-refractivity contribution is 0.0898. The summed E-state index contributed by atoms with van der Waals surface area (Å²) in [6.07, 6.45) is 4.28. The van der Waals surface area contributed by atoms with Crippen LogP contribution in [0.15, 0.2) is 54.6 Å². The molecule has 2 aromatic rings. The fraction of sp³-hybridized carbons (Fsp3) is 0.316. The Morgan fingerprint density at radius 3 is 2.45 bits per heavy atom. The maximum absolute atomic E-state index is 12.7. The summed E-state index contributed by atoms with van der Waals surface area (Å²) in [5, 5.41) is 3.28. The Hall–Kier alpha value is -2.29. The van der Waals surface area contributed by atoms with Crippen LogP contribution in [0.2, 0.25) is 0 Å². The van der Waals surface area contributed by atoms with Crippen LogP contribution in [0.25, 0.3) is 0 Å². The number of methoxy groups -OCH3 is 1. The molecular weight excluding hydrogens is 274 g/mol. The quantitative estimate of drug-likeness (QED) is 0.929. The Bertz CT molecular complexity index is 645. The lowest BCUT2D eigenvalue weighted by Gasteiger charge is -2.31. The number of carbonyl (C=O) groups is 1. The third kappa shape index (κ3) is 2.84. The zero-order valence-electron chi connectivity index (χ0n) is 12.8. The molecule has 1 fully saturated rings. The molecule has 0 unspecified atom stereocenters. The van der Waals surface area contributed by atoms with E-state index in [0.29, 0.717) is 11.3 Å². The predicted octanol–water partition coefficient (Wildman–Crippen LogP) is 3.89. The summed E-state index contributed by atoms with van der Waals surface area (Å²) >= 11 is 0. The van der Waals surface area contributed by atoms with Gasteiger partial charge < -0.3 is 10.1 Å². The zero-order valence-corrected chi connectivity index (χ0v) is 12.8. The second kappa shape index (κ2) is 6.22. The molecule has 0 bridgehead atoms. The number of nitrogens with one attached hydrogen (secondary N) is 1. The highest BCUT2D eigenvalue weighted by molar-refractivity contribution is 5.95. The molecule has 0 aliphatic heterocycles. The molecular formula is C19H21NO2. The van der Waals surface area contributed by atoms with Crippen molar-refractivity contribution in [1.82, 2.24) is 5.32 Å². The Kier molecular flexibility index (Phi) is 4.14. The van der Waals surface area contributed by atoms with E-state index in [1.165, 1.54) is 5.56 Å². The van der Waals surface area contributed by atoms with Gasteiger partial charge in [-0.2, -0.15) is 0 Å². The molecule has 0 spiro atoms. The van der Waals surface area contributed by atoms with Crippen molar-refractivity contribution in [1.29, 1.82) is 0 Å². The molecule has 114 valence electrons. The topological polar surface area (TPSA) is 38.3 Å². The Labute approximate surface area is 131 Å². The maximum atomic E-state index is 12.7. The molecule has 1 N–H and O–H groups in total. The first kappa shape index (κ1) is 14.6. The number of hydrogen-bond acceptors (Lipinski definition) is 2. The Balaban J connectivity index is 1.86. The van der Waals surface area contributed by atoms with E-state index in [1.54, 1.807) is 13.2 Å². The summed E-state index contributed by atoms with van der Waals surface area (Å²) in [6.45, 7) is 0. The number of benzene rings is 2. The van der Waals surface area contributed by atoms with Crippen LogP contribution >= 0.6 is 0 Å². The van der Waals surface area contributed by atoms with Crippen molar-refractivity contribution in [2.75, 3.05) is 7.11 Å². The van der Waals surface area contributed by atoms with E-state index < -0.39 is 0 Å². The highest BCUT2D eigenvalue weighted by atomic mass is 16.5. The Morgan fingerprint density at radius 1 is 1.05 bits per heavy atom. The minimum Gasteiger partial charge on any atom is -0.497 e. The lowest BCUT2D eigenvalue weighted by atomic mass is 9.88. The number of hydrogen-bond donors (Lipinski definition) is 1. The second-order valence-corrected chi connectivity index (χ2v) is 5.84. The molecule has 0 atom stereocenters. The van der Waals surface area contributed by atoms with E-state index in [-0.39, 0.29) is 11.4 Å².